The number of nitrogens with one attached hydrogen (secondary N) is 2. The number of carbonyl (C=O) groups excluding carboxylic acids is 1. The van der Waals surface area contributed by atoms with Crippen LogP contribution in [0.15, 0.2) is 78.5 Å². The van der Waals surface area contributed by atoms with E-state index in [0.717, 1.165) is 34.6 Å². The molecule has 2 aliphatic rings. The largest absolute Gasteiger partial charge is 0.493 e. The van der Waals surface area contributed by atoms with Gasteiger partial charge in [0.1, 0.15) is 5.78 Å². The Morgan fingerprint density at radius 2 is 1.66 bits per heavy atom. The zero-order valence-corrected chi connectivity index (χ0v) is 20.5. The number of allylic oxidation sites excluding steroid dienone is 1. The Balaban J connectivity index is 1.56. The van der Waals surface area contributed by atoms with Gasteiger partial charge in [0.05, 0.1) is 37.1 Å². The summed E-state index contributed by atoms with van der Waals surface area (Å²) in [7, 11) is 1.64. The highest BCUT2D eigenvalue weighted by Crippen LogP contribution is 2.45. The van der Waals surface area contributed by atoms with Crippen LogP contribution < -0.4 is 20.1 Å². The summed E-state index contributed by atoms with van der Waals surface area (Å²) in [5, 5.41) is 7.27. The molecule has 3 atom stereocenters. The first kappa shape index (κ1) is 23.0. The lowest BCUT2D eigenvalue weighted by Crippen LogP contribution is -2.33. The normalized spacial score (nSPS) is 20.9. The predicted molar refractivity (Wildman–Crippen MR) is 140 cm³/mol. The molecule has 0 radical (unpaired) electrons. The second kappa shape index (κ2) is 9.87. The quantitative estimate of drug-likeness (QED) is 0.433. The lowest BCUT2D eigenvalue weighted by molar-refractivity contribution is -0.122. The fourth-order valence-corrected chi connectivity index (χ4v) is 5.15. The number of ketones is 1. The van der Waals surface area contributed by atoms with Crippen molar-refractivity contribution in [3.05, 3.63) is 95.2 Å². The van der Waals surface area contributed by atoms with Crippen LogP contribution in [-0.2, 0) is 11.2 Å². The smallest absolute Gasteiger partial charge is 0.161 e. The van der Waals surface area contributed by atoms with Crippen LogP contribution in [0.5, 0.6) is 11.5 Å². The van der Waals surface area contributed by atoms with Crippen molar-refractivity contribution in [2.45, 2.75) is 38.6 Å². The standard InChI is InChI=1S/C30H32N2O3/c1-4-19-10-12-20(13-11-19)30-29-25(31-23-8-6-7-9-24(23)32-30)16-22(17-26(29)33)21-14-15-27(35-5-2)28(18-21)34-3/h6-16,18,22,29-32H,4-5,17H2,1-3H3. The van der Waals surface area contributed by atoms with E-state index in [1.54, 1.807) is 7.11 Å². The maximum absolute atomic E-state index is 13.8. The van der Waals surface area contributed by atoms with Crippen LogP contribution >= 0.6 is 0 Å². The summed E-state index contributed by atoms with van der Waals surface area (Å²) in [6.45, 7) is 4.68. The molecule has 3 unspecified atom stereocenters. The van der Waals surface area contributed by atoms with Gasteiger partial charge in [-0.2, -0.15) is 0 Å². The van der Waals surface area contributed by atoms with Gasteiger partial charge in [0, 0.05) is 18.0 Å². The number of carbonyl (C=O) groups is 1. The monoisotopic (exact) mass is 468 g/mol. The third kappa shape index (κ3) is 4.51. The molecular formula is C30H32N2O3. The van der Waals surface area contributed by atoms with E-state index < -0.39 is 0 Å². The third-order valence-corrected chi connectivity index (χ3v) is 7.00. The van der Waals surface area contributed by atoms with Crippen molar-refractivity contribution in [1.29, 1.82) is 0 Å². The Hall–Kier alpha value is -3.73. The number of hydrogen-bond donors (Lipinski definition) is 2. The fourth-order valence-electron chi connectivity index (χ4n) is 5.15. The summed E-state index contributed by atoms with van der Waals surface area (Å²) in [5.41, 5.74) is 6.37. The highest BCUT2D eigenvalue weighted by atomic mass is 16.5. The molecule has 0 saturated carbocycles. The molecule has 0 fully saturated rings. The van der Waals surface area contributed by atoms with Gasteiger partial charge in [-0.3, -0.25) is 4.79 Å². The number of Topliss-reactive ketones (excluding diaryl/α,β-unsaturated/α-hetero) is 1. The zero-order chi connectivity index (χ0) is 24.4. The summed E-state index contributed by atoms with van der Waals surface area (Å²) >= 11 is 0. The Kier molecular flexibility index (Phi) is 6.49. The molecule has 0 bridgehead atoms. The van der Waals surface area contributed by atoms with Crippen molar-refractivity contribution >= 4 is 17.2 Å². The number of hydrogen-bond acceptors (Lipinski definition) is 5. The van der Waals surface area contributed by atoms with Crippen LogP contribution in [0.3, 0.4) is 0 Å². The van der Waals surface area contributed by atoms with Crippen molar-refractivity contribution in [2.75, 3.05) is 24.4 Å². The first-order valence-corrected chi connectivity index (χ1v) is 12.4. The van der Waals surface area contributed by atoms with Gasteiger partial charge in [0.25, 0.3) is 0 Å². The number of fused-ring (bicyclic) bond motifs is 2. The Labute approximate surface area is 207 Å². The van der Waals surface area contributed by atoms with E-state index in [1.165, 1.54) is 5.56 Å². The first-order chi connectivity index (χ1) is 17.1. The van der Waals surface area contributed by atoms with Gasteiger partial charge < -0.3 is 20.1 Å². The molecule has 0 amide bonds. The van der Waals surface area contributed by atoms with Crippen molar-refractivity contribution in [2.24, 2.45) is 5.92 Å². The number of methoxy groups -OCH3 is 1. The maximum Gasteiger partial charge on any atom is 0.161 e. The number of rotatable bonds is 6. The number of benzene rings is 3. The molecule has 3 aromatic carbocycles. The van der Waals surface area contributed by atoms with Crippen LogP contribution in [0.1, 0.15) is 48.9 Å². The number of ether oxygens (including phenoxy) is 2. The van der Waals surface area contributed by atoms with Crippen LogP contribution in [0.2, 0.25) is 0 Å². The number of para-hydroxylation sites is 2. The van der Waals surface area contributed by atoms with Crippen LogP contribution in [0, 0.1) is 5.92 Å². The van der Waals surface area contributed by atoms with Gasteiger partial charge in [0.2, 0.25) is 0 Å². The number of anilines is 2. The van der Waals surface area contributed by atoms with Crippen LogP contribution in [-0.4, -0.2) is 19.5 Å². The molecule has 0 saturated heterocycles. The Morgan fingerprint density at radius 3 is 2.37 bits per heavy atom. The maximum atomic E-state index is 13.8. The molecule has 1 aliphatic heterocycles. The van der Waals surface area contributed by atoms with E-state index in [-0.39, 0.29) is 23.7 Å². The number of aryl methyl sites for hydroxylation is 1. The summed E-state index contributed by atoms with van der Waals surface area (Å²) < 4.78 is 11.3. The lowest BCUT2D eigenvalue weighted by Gasteiger charge is -2.32. The Morgan fingerprint density at radius 1 is 0.914 bits per heavy atom. The minimum atomic E-state index is -0.296. The van der Waals surface area contributed by atoms with Crippen molar-refractivity contribution in [3.63, 3.8) is 0 Å². The fraction of sp³-hybridized carbons (Fsp3) is 0.300. The zero-order valence-electron chi connectivity index (χ0n) is 20.5. The molecule has 5 rings (SSSR count). The van der Waals surface area contributed by atoms with E-state index in [9.17, 15) is 4.79 Å². The second-order valence-corrected chi connectivity index (χ2v) is 9.11. The topological polar surface area (TPSA) is 59.6 Å². The van der Waals surface area contributed by atoms with Gasteiger partial charge in [-0.25, -0.2) is 0 Å². The van der Waals surface area contributed by atoms with Crippen molar-refractivity contribution in [1.82, 2.24) is 0 Å². The molecule has 3 aromatic rings. The molecule has 180 valence electrons. The third-order valence-electron chi connectivity index (χ3n) is 7.00. The summed E-state index contributed by atoms with van der Waals surface area (Å²) in [4.78, 5) is 13.8. The average Bonchev–Trinajstić information content (AvgIpc) is 3.06. The average molecular weight is 469 g/mol. The second-order valence-electron chi connectivity index (χ2n) is 9.11. The minimum absolute atomic E-state index is 0.0424. The lowest BCUT2D eigenvalue weighted by atomic mass is 9.76. The van der Waals surface area contributed by atoms with Crippen molar-refractivity contribution < 1.29 is 14.3 Å². The molecule has 2 N–H and O–H groups in total. The van der Waals surface area contributed by atoms with E-state index >= 15 is 0 Å². The minimum Gasteiger partial charge on any atom is -0.493 e. The van der Waals surface area contributed by atoms with E-state index in [4.69, 9.17) is 9.47 Å². The van der Waals surface area contributed by atoms with E-state index in [0.29, 0.717) is 24.5 Å². The predicted octanol–water partition coefficient (Wildman–Crippen LogP) is 6.49. The molecule has 1 aliphatic carbocycles. The summed E-state index contributed by atoms with van der Waals surface area (Å²) in [6, 6.07) is 22.6. The molecule has 0 spiro atoms. The van der Waals surface area contributed by atoms with Gasteiger partial charge in [-0.1, -0.05) is 55.5 Å². The van der Waals surface area contributed by atoms with E-state index in [1.807, 2.05) is 37.3 Å². The molecule has 0 aromatic heterocycles. The van der Waals surface area contributed by atoms with Gasteiger partial charge >= 0.3 is 0 Å². The molecule has 5 nitrogen and oxygen atoms in total. The van der Waals surface area contributed by atoms with Crippen LogP contribution in [0.4, 0.5) is 11.4 Å². The van der Waals surface area contributed by atoms with Crippen molar-refractivity contribution in [3.8, 4) is 11.5 Å². The van der Waals surface area contributed by atoms with Gasteiger partial charge in [0.15, 0.2) is 11.5 Å². The molecule has 5 heteroatoms. The van der Waals surface area contributed by atoms with Gasteiger partial charge in [-0.15, -0.1) is 0 Å². The molecule has 1 heterocycles. The van der Waals surface area contributed by atoms with E-state index in [2.05, 4.69) is 60.0 Å². The highest BCUT2D eigenvalue weighted by Gasteiger charge is 2.39. The molecular weight excluding hydrogens is 436 g/mol. The summed E-state index contributed by atoms with van der Waals surface area (Å²) in [5.74, 6) is 1.28. The van der Waals surface area contributed by atoms with Gasteiger partial charge in [-0.05, 0) is 54.3 Å². The highest BCUT2D eigenvalue weighted by molar-refractivity contribution is 5.90. The summed E-state index contributed by atoms with van der Waals surface area (Å²) in [6.07, 6.45) is 3.65. The van der Waals surface area contributed by atoms with Crippen LogP contribution in [0.25, 0.3) is 0 Å². The Bertz CT molecular complexity index is 1250. The first-order valence-electron chi connectivity index (χ1n) is 12.4. The molecule has 35 heavy (non-hydrogen) atoms. The SMILES string of the molecule is CCOc1ccc(C2C=C3Nc4ccccc4NC(c4ccc(CC)cc4)C3C(=O)C2)cc1OC.